The molecule has 4 nitrogen and oxygen atoms in total. The molecule has 0 amide bonds. The van der Waals surface area contributed by atoms with Gasteiger partial charge in [0.15, 0.2) is 0 Å². The number of benzene rings is 2. The lowest BCUT2D eigenvalue weighted by Crippen LogP contribution is -2.18. The molecule has 0 heterocycles. The Morgan fingerprint density at radius 2 is 1.76 bits per heavy atom. The van der Waals surface area contributed by atoms with Crippen LogP contribution in [0.25, 0.3) is 0 Å². The number of sulfonamides is 1. The number of halogens is 1. The maximum Gasteiger partial charge on any atom is 0.233 e. The molecule has 0 bridgehead atoms. The van der Waals surface area contributed by atoms with Crippen LogP contribution in [-0.4, -0.2) is 19.9 Å². The monoisotopic (exact) mass is 326 g/mol. The smallest absolute Gasteiger partial charge is 0.233 e. The zero-order valence-corrected chi connectivity index (χ0v) is 12.8. The van der Waals surface area contributed by atoms with Crippen molar-refractivity contribution in [2.24, 2.45) is 0 Å². The SMILES string of the molecule is Nc1ccccc1SCCS(=O)(=O)Nc1ccccc1F. The van der Waals surface area contributed by atoms with Gasteiger partial charge in [0.2, 0.25) is 10.0 Å². The molecule has 0 spiro atoms. The molecule has 0 aliphatic heterocycles. The maximum atomic E-state index is 13.4. The first-order valence-electron chi connectivity index (χ1n) is 6.20. The van der Waals surface area contributed by atoms with E-state index in [2.05, 4.69) is 4.72 Å². The Balaban J connectivity index is 1.93. The number of rotatable bonds is 6. The van der Waals surface area contributed by atoms with E-state index in [0.717, 1.165) is 4.90 Å². The second-order valence-corrected chi connectivity index (χ2v) is 7.27. The van der Waals surface area contributed by atoms with E-state index >= 15 is 0 Å². The number of nitrogens with two attached hydrogens (primary N) is 1. The molecule has 0 radical (unpaired) electrons. The molecule has 0 saturated heterocycles. The van der Waals surface area contributed by atoms with Crippen LogP contribution in [-0.2, 0) is 10.0 Å². The van der Waals surface area contributed by atoms with Crippen molar-refractivity contribution in [1.82, 2.24) is 0 Å². The number of nitrogen functional groups attached to an aromatic ring is 1. The van der Waals surface area contributed by atoms with E-state index < -0.39 is 15.8 Å². The number of nitrogens with one attached hydrogen (secondary N) is 1. The number of anilines is 2. The fourth-order valence-electron chi connectivity index (χ4n) is 1.64. The van der Waals surface area contributed by atoms with E-state index in [1.807, 2.05) is 18.2 Å². The van der Waals surface area contributed by atoms with Crippen LogP contribution >= 0.6 is 11.8 Å². The van der Waals surface area contributed by atoms with E-state index in [1.54, 1.807) is 12.1 Å². The third-order valence-electron chi connectivity index (χ3n) is 2.67. The zero-order valence-electron chi connectivity index (χ0n) is 11.1. The molecule has 2 aromatic carbocycles. The first-order chi connectivity index (χ1) is 9.98. The standard InChI is InChI=1S/C14H15FN2O2S2/c15-11-5-1-3-7-13(11)17-21(18,19)10-9-20-14-8-4-2-6-12(14)16/h1-8,17H,9-10,16H2. The predicted octanol–water partition coefficient (Wildman–Crippen LogP) is 2.94. The molecule has 2 aromatic rings. The number of para-hydroxylation sites is 2. The highest BCUT2D eigenvalue weighted by Gasteiger charge is 2.13. The van der Waals surface area contributed by atoms with Gasteiger partial charge in [-0.25, -0.2) is 12.8 Å². The molecule has 0 aliphatic carbocycles. The molecule has 0 saturated carbocycles. The number of thioether (sulfide) groups is 1. The molecule has 0 unspecified atom stereocenters. The zero-order chi connectivity index (χ0) is 15.3. The van der Waals surface area contributed by atoms with Gasteiger partial charge < -0.3 is 5.73 Å². The largest absolute Gasteiger partial charge is 0.398 e. The lowest BCUT2D eigenvalue weighted by atomic mass is 10.3. The minimum absolute atomic E-state index is 0.0401. The summed E-state index contributed by atoms with van der Waals surface area (Å²) in [4.78, 5) is 0.832. The average Bonchev–Trinajstić information content (AvgIpc) is 2.43. The third-order valence-corrected chi connectivity index (χ3v) is 5.29. The molecule has 0 aromatic heterocycles. The Labute approximate surface area is 127 Å². The summed E-state index contributed by atoms with van der Waals surface area (Å²) < 4.78 is 39.5. The van der Waals surface area contributed by atoms with Gasteiger partial charge in [0.1, 0.15) is 5.82 Å². The predicted molar refractivity (Wildman–Crippen MR) is 85.4 cm³/mol. The summed E-state index contributed by atoms with van der Waals surface area (Å²) in [5.74, 6) is -0.390. The van der Waals surface area contributed by atoms with E-state index in [0.29, 0.717) is 11.4 Å². The van der Waals surface area contributed by atoms with Gasteiger partial charge in [-0.3, -0.25) is 4.72 Å². The van der Waals surface area contributed by atoms with Gasteiger partial charge in [-0.2, -0.15) is 0 Å². The van der Waals surface area contributed by atoms with Gasteiger partial charge >= 0.3 is 0 Å². The topological polar surface area (TPSA) is 72.2 Å². The van der Waals surface area contributed by atoms with Crippen LogP contribution in [0.5, 0.6) is 0 Å². The number of hydrogen-bond donors (Lipinski definition) is 2. The molecule has 7 heteroatoms. The molecule has 112 valence electrons. The van der Waals surface area contributed by atoms with E-state index in [4.69, 9.17) is 5.73 Å². The Bertz CT molecular complexity index is 720. The molecule has 3 N–H and O–H groups in total. The second-order valence-electron chi connectivity index (χ2n) is 4.29. The third kappa shape index (κ3) is 4.64. The summed E-state index contributed by atoms with van der Waals surface area (Å²) in [6.07, 6.45) is 0. The van der Waals surface area contributed by atoms with Crippen molar-refractivity contribution in [1.29, 1.82) is 0 Å². The average molecular weight is 326 g/mol. The molecule has 21 heavy (non-hydrogen) atoms. The highest BCUT2D eigenvalue weighted by atomic mass is 32.2. The lowest BCUT2D eigenvalue weighted by Gasteiger charge is -2.09. The van der Waals surface area contributed by atoms with E-state index in [9.17, 15) is 12.8 Å². The molecular weight excluding hydrogens is 311 g/mol. The van der Waals surface area contributed by atoms with Crippen LogP contribution in [0, 0.1) is 5.82 Å². The van der Waals surface area contributed by atoms with Crippen LogP contribution in [0.3, 0.4) is 0 Å². The van der Waals surface area contributed by atoms with Crippen LogP contribution in [0.15, 0.2) is 53.4 Å². The highest BCUT2D eigenvalue weighted by molar-refractivity contribution is 8.01. The minimum atomic E-state index is -3.59. The van der Waals surface area contributed by atoms with Gasteiger partial charge in [-0.1, -0.05) is 24.3 Å². The molecule has 0 fully saturated rings. The van der Waals surface area contributed by atoms with Gasteiger partial charge in [-0.05, 0) is 24.3 Å². The summed E-state index contributed by atoms with van der Waals surface area (Å²) in [5, 5.41) is 0. The minimum Gasteiger partial charge on any atom is -0.398 e. The summed E-state index contributed by atoms with van der Waals surface area (Å²) in [6, 6.07) is 12.9. The van der Waals surface area contributed by atoms with Crippen LogP contribution < -0.4 is 10.5 Å². The van der Waals surface area contributed by atoms with Crippen molar-refractivity contribution in [2.75, 3.05) is 22.0 Å². The normalized spacial score (nSPS) is 11.3. The molecule has 0 aliphatic rings. The van der Waals surface area contributed by atoms with Crippen molar-refractivity contribution in [3.63, 3.8) is 0 Å². The fourth-order valence-corrected chi connectivity index (χ4v) is 4.08. The molecule has 2 rings (SSSR count). The first-order valence-corrected chi connectivity index (χ1v) is 8.84. The Hall–Kier alpha value is -1.73. The van der Waals surface area contributed by atoms with Crippen LogP contribution in [0.1, 0.15) is 0 Å². The number of hydrogen-bond acceptors (Lipinski definition) is 4. The van der Waals surface area contributed by atoms with E-state index in [1.165, 1.54) is 30.0 Å². The van der Waals surface area contributed by atoms with Gasteiger partial charge in [0.25, 0.3) is 0 Å². The summed E-state index contributed by atoms with van der Waals surface area (Å²) in [7, 11) is -3.59. The Morgan fingerprint density at radius 3 is 2.48 bits per heavy atom. The van der Waals surface area contributed by atoms with E-state index in [-0.39, 0.29) is 11.4 Å². The quantitative estimate of drug-likeness (QED) is 0.632. The second kappa shape index (κ2) is 6.82. The molecule has 0 atom stereocenters. The van der Waals surface area contributed by atoms with Crippen LogP contribution in [0.4, 0.5) is 15.8 Å². The van der Waals surface area contributed by atoms with Crippen molar-refractivity contribution < 1.29 is 12.8 Å². The van der Waals surface area contributed by atoms with Crippen molar-refractivity contribution in [3.05, 3.63) is 54.3 Å². The van der Waals surface area contributed by atoms with Gasteiger partial charge in [-0.15, -0.1) is 11.8 Å². The maximum absolute atomic E-state index is 13.4. The van der Waals surface area contributed by atoms with Gasteiger partial charge in [0.05, 0.1) is 11.4 Å². The fraction of sp³-hybridized carbons (Fsp3) is 0.143. The summed E-state index contributed by atoms with van der Waals surface area (Å²) >= 11 is 1.35. The molecular formula is C14H15FN2O2S2. The van der Waals surface area contributed by atoms with Crippen molar-refractivity contribution >= 4 is 33.2 Å². The van der Waals surface area contributed by atoms with Crippen molar-refractivity contribution in [2.45, 2.75) is 4.90 Å². The highest BCUT2D eigenvalue weighted by Crippen LogP contribution is 2.24. The first kappa shape index (κ1) is 15.7. The Kier molecular flexibility index (Phi) is 5.08. The van der Waals surface area contributed by atoms with Crippen molar-refractivity contribution in [3.8, 4) is 0 Å². The summed E-state index contributed by atoms with van der Waals surface area (Å²) in [6.45, 7) is 0. The van der Waals surface area contributed by atoms with Gasteiger partial charge in [0, 0.05) is 16.3 Å². The Morgan fingerprint density at radius 1 is 1.10 bits per heavy atom. The van der Waals surface area contributed by atoms with Crippen LogP contribution in [0.2, 0.25) is 0 Å². The summed E-state index contributed by atoms with van der Waals surface area (Å²) in [5.41, 5.74) is 6.35. The lowest BCUT2D eigenvalue weighted by molar-refractivity contribution is 0.600.